The third-order valence-corrected chi connectivity index (χ3v) is 2.60. The van der Waals surface area contributed by atoms with Gasteiger partial charge in [-0.25, -0.2) is 0 Å². The molecule has 0 spiro atoms. The maximum atomic E-state index is 11.6. The summed E-state index contributed by atoms with van der Waals surface area (Å²) in [5.41, 5.74) is 1.47. The summed E-state index contributed by atoms with van der Waals surface area (Å²) in [6.45, 7) is 0. The zero-order valence-electron chi connectivity index (χ0n) is 7.49. The number of amides is 1. The van der Waals surface area contributed by atoms with Crippen LogP contribution in [0.3, 0.4) is 0 Å². The van der Waals surface area contributed by atoms with Crippen LogP contribution in [0.15, 0.2) is 18.2 Å². The van der Waals surface area contributed by atoms with E-state index in [1.54, 1.807) is 25.2 Å². The molecule has 1 aromatic carbocycles. The van der Waals surface area contributed by atoms with E-state index in [9.17, 15) is 4.79 Å². The van der Waals surface area contributed by atoms with Crippen LogP contribution in [0.25, 0.3) is 0 Å². The van der Waals surface area contributed by atoms with Gasteiger partial charge in [0.05, 0.1) is 6.07 Å². The van der Waals surface area contributed by atoms with Crippen LogP contribution in [-0.2, 0) is 4.79 Å². The van der Waals surface area contributed by atoms with Gasteiger partial charge in [-0.15, -0.1) is 0 Å². The van der Waals surface area contributed by atoms with Crippen molar-refractivity contribution in [2.75, 3.05) is 11.9 Å². The van der Waals surface area contributed by atoms with Crippen molar-refractivity contribution in [2.45, 2.75) is 5.92 Å². The first-order chi connectivity index (χ1) is 6.65. The van der Waals surface area contributed by atoms with Crippen LogP contribution in [0.5, 0.6) is 0 Å². The van der Waals surface area contributed by atoms with Gasteiger partial charge in [-0.2, -0.15) is 5.26 Å². The number of hydrogen-bond donors (Lipinski definition) is 0. The maximum Gasteiger partial charge on any atom is 0.248 e. The number of fused-ring (bicyclic) bond motifs is 1. The number of likely N-dealkylation sites (N-methyl/N-ethyl adjacent to an activating group) is 1. The van der Waals surface area contributed by atoms with Gasteiger partial charge in [-0.05, 0) is 18.2 Å². The van der Waals surface area contributed by atoms with Crippen LogP contribution in [-0.4, -0.2) is 13.0 Å². The van der Waals surface area contributed by atoms with Crippen LogP contribution in [0.2, 0.25) is 5.02 Å². The topological polar surface area (TPSA) is 44.1 Å². The van der Waals surface area contributed by atoms with Gasteiger partial charge in [0, 0.05) is 23.3 Å². The Morgan fingerprint density at radius 2 is 2.29 bits per heavy atom. The van der Waals surface area contributed by atoms with Crippen LogP contribution in [0.1, 0.15) is 11.5 Å². The summed E-state index contributed by atoms with van der Waals surface area (Å²) in [5, 5.41) is 9.40. The Morgan fingerprint density at radius 3 is 2.93 bits per heavy atom. The first kappa shape index (κ1) is 9.04. The second-order valence-electron chi connectivity index (χ2n) is 3.16. The Hall–Kier alpha value is -1.53. The third kappa shape index (κ3) is 1.08. The highest BCUT2D eigenvalue weighted by Gasteiger charge is 2.35. The molecule has 0 aliphatic carbocycles. The predicted molar refractivity (Wildman–Crippen MR) is 53.2 cm³/mol. The summed E-state index contributed by atoms with van der Waals surface area (Å²) < 4.78 is 0. The summed E-state index contributed by atoms with van der Waals surface area (Å²) in [6.07, 6.45) is 0. The van der Waals surface area contributed by atoms with E-state index in [1.807, 2.05) is 6.07 Å². The van der Waals surface area contributed by atoms with Gasteiger partial charge in [0.2, 0.25) is 5.91 Å². The van der Waals surface area contributed by atoms with Crippen molar-refractivity contribution >= 4 is 23.2 Å². The molecule has 0 fully saturated rings. The van der Waals surface area contributed by atoms with E-state index in [2.05, 4.69) is 0 Å². The summed E-state index contributed by atoms with van der Waals surface area (Å²) in [6, 6.07) is 7.12. The van der Waals surface area contributed by atoms with Gasteiger partial charge in [0.15, 0.2) is 5.92 Å². The molecular formula is C10H7ClN2O. The van der Waals surface area contributed by atoms with Gasteiger partial charge in [0.25, 0.3) is 0 Å². The lowest BCUT2D eigenvalue weighted by atomic mass is 10.0. The zero-order chi connectivity index (χ0) is 10.3. The Labute approximate surface area is 86.5 Å². The van der Waals surface area contributed by atoms with Gasteiger partial charge in [0.1, 0.15) is 0 Å². The number of halogens is 1. The van der Waals surface area contributed by atoms with Crippen molar-refractivity contribution in [3.05, 3.63) is 28.8 Å². The van der Waals surface area contributed by atoms with E-state index < -0.39 is 5.92 Å². The second kappa shape index (κ2) is 3.00. The van der Waals surface area contributed by atoms with Crippen molar-refractivity contribution in [1.82, 2.24) is 0 Å². The third-order valence-electron chi connectivity index (χ3n) is 2.37. The SMILES string of the molecule is CN1C(=O)C(C#N)c2cc(Cl)ccc21. The first-order valence-electron chi connectivity index (χ1n) is 4.12. The lowest BCUT2D eigenvalue weighted by Gasteiger charge is -2.08. The van der Waals surface area contributed by atoms with E-state index in [-0.39, 0.29) is 5.91 Å². The van der Waals surface area contributed by atoms with Crippen LogP contribution in [0.4, 0.5) is 5.69 Å². The maximum absolute atomic E-state index is 11.6. The van der Waals surface area contributed by atoms with Crippen LogP contribution < -0.4 is 4.90 Å². The minimum Gasteiger partial charge on any atom is -0.314 e. The average Bonchev–Trinajstić information content (AvgIpc) is 2.39. The monoisotopic (exact) mass is 206 g/mol. The number of benzene rings is 1. The van der Waals surface area contributed by atoms with Crippen molar-refractivity contribution in [1.29, 1.82) is 5.26 Å². The molecule has 0 bridgehead atoms. The largest absolute Gasteiger partial charge is 0.314 e. The first-order valence-corrected chi connectivity index (χ1v) is 4.49. The number of hydrogen-bond acceptors (Lipinski definition) is 2. The number of rotatable bonds is 0. The predicted octanol–water partition coefficient (Wildman–Crippen LogP) is 1.92. The molecule has 1 unspecified atom stereocenters. The fraction of sp³-hybridized carbons (Fsp3) is 0.200. The molecule has 1 heterocycles. The Kier molecular flexibility index (Phi) is 1.94. The molecule has 1 amide bonds. The van der Waals surface area contributed by atoms with E-state index >= 15 is 0 Å². The minimum atomic E-state index is -0.700. The Morgan fingerprint density at radius 1 is 1.57 bits per heavy atom. The molecule has 0 saturated heterocycles. The van der Waals surface area contributed by atoms with Gasteiger partial charge < -0.3 is 4.90 Å². The lowest BCUT2D eigenvalue weighted by Crippen LogP contribution is -2.23. The molecular weight excluding hydrogens is 200 g/mol. The summed E-state index contributed by atoms with van der Waals surface area (Å²) >= 11 is 5.80. The van der Waals surface area contributed by atoms with Crippen molar-refractivity contribution in [3.63, 3.8) is 0 Å². The molecule has 2 rings (SSSR count). The van der Waals surface area contributed by atoms with E-state index in [1.165, 1.54) is 4.90 Å². The van der Waals surface area contributed by atoms with Crippen LogP contribution in [0, 0.1) is 11.3 Å². The van der Waals surface area contributed by atoms with Crippen molar-refractivity contribution < 1.29 is 4.79 Å². The van der Waals surface area contributed by atoms with E-state index in [4.69, 9.17) is 16.9 Å². The average molecular weight is 207 g/mol. The molecule has 14 heavy (non-hydrogen) atoms. The quantitative estimate of drug-likeness (QED) is 0.651. The molecule has 4 heteroatoms. The molecule has 1 aromatic rings. The minimum absolute atomic E-state index is 0.190. The lowest BCUT2D eigenvalue weighted by molar-refractivity contribution is -0.117. The number of anilines is 1. The molecule has 0 radical (unpaired) electrons. The fourth-order valence-electron chi connectivity index (χ4n) is 1.63. The number of carbonyl (C=O) groups is 1. The van der Waals surface area contributed by atoms with E-state index in [0.29, 0.717) is 10.6 Å². The number of carbonyl (C=O) groups excluding carboxylic acids is 1. The van der Waals surface area contributed by atoms with Crippen LogP contribution >= 0.6 is 11.6 Å². The molecule has 1 atom stereocenters. The highest BCUT2D eigenvalue weighted by molar-refractivity contribution is 6.31. The van der Waals surface area contributed by atoms with Gasteiger partial charge >= 0.3 is 0 Å². The molecule has 70 valence electrons. The number of nitrogens with zero attached hydrogens (tertiary/aromatic N) is 2. The molecule has 1 aliphatic heterocycles. The van der Waals surface area contributed by atoms with Crippen molar-refractivity contribution in [3.8, 4) is 6.07 Å². The molecule has 0 saturated carbocycles. The molecule has 0 aromatic heterocycles. The van der Waals surface area contributed by atoms with Crippen molar-refractivity contribution in [2.24, 2.45) is 0 Å². The highest BCUT2D eigenvalue weighted by Crippen LogP contribution is 2.37. The summed E-state index contributed by atoms with van der Waals surface area (Å²) in [7, 11) is 1.66. The zero-order valence-corrected chi connectivity index (χ0v) is 8.25. The second-order valence-corrected chi connectivity index (χ2v) is 3.60. The molecule has 0 N–H and O–H groups in total. The van der Waals surface area contributed by atoms with E-state index in [0.717, 1.165) is 5.69 Å². The Bertz CT molecular complexity index is 450. The summed E-state index contributed by atoms with van der Waals surface area (Å²) in [5.74, 6) is -0.890. The summed E-state index contributed by atoms with van der Waals surface area (Å²) in [4.78, 5) is 13.1. The van der Waals surface area contributed by atoms with Gasteiger partial charge in [-0.1, -0.05) is 11.6 Å². The molecule has 1 aliphatic rings. The highest BCUT2D eigenvalue weighted by atomic mass is 35.5. The fourth-order valence-corrected chi connectivity index (χ4v) is 1.81. The van der Waals surface area contributed by atoms with Gasteiger partial charge in [-0.3, -0.25) is 4.79 Å². The standard InChI is InChI=1S/C10H7ClN2O/c1-13-9-3-2-6(11)4-7(9)8(5-12)10(13)14/h2-4,8H,1H3. The molecule has 3 nitrogen and oxygen atoms in total. The smallest absolute Gasteiger partial charge is 0.248 e. The number of nitriles is 1. The Balaban J connectivity index is 2.63. The normalized spacial score (nSPS) is 19.4.